The highest BCUT2D eigenvalue weighted by atomic mass is 35.5. The molecule has 1 N–H and O–H groups in total. The molecule has 0 spiro atoms. The summed E-state index contributed by atoms with van der Waals surface area (Å²) in [5, 5.41) is 4.50. The van der Waals surface area contributed by atoms with Crippen molar-refractivity contribution in [1.82, 2.24) is 0 Å². The first-order valence-corrected chi connectivity index (χ1v) is 7.72. The van der Waals surface area contributed by atoms with Crippen molar-refractivity contribution in [3.8, 4) is 0 Å². The van der Waals surface area contributed by atoms with Gasteiger partial charge in [-0.3, -0.25) is 4.99 Å². The lowest BCUT2D eigenvalue weighted by atomic mass is 10.1. The molecular weight excluding hydrogens is 306 g/mol. The van der Waals surface area contributed by atoms with Crippen molar-refractivity contribution < 1.29 is 4.39 Å². The zero-order chi connectivity index (χ0) is 14.0. The van der Waals surface area contributed by atoms with Crippen LogP contribution in [0, 0.1) is 11.7 Å². The van der Waals surface area contributed by atoms with E-state index in [2.05, 4.69) is 24.2 Å². The van der Waals surface area contributed by atoms with Crippen LogP contribution in [0.4, 0.5) is 10.1 Å². The van der Waals surface area contributed by atoms with Gasteiger partial charge in [-0.1, -0.05) is 48.8 Å². The van der Waals surface area contributed by atoms with E-state index in [1.54, 1.807) is 11.8 Å². The average Bonchev–Trinajstić information content (AvgIpc) is 2.72. The average molecular weight is 321 g/mol. The number of nitrogens with one attached hydrogen (secondary N) is 1. The summed E-state index contributed by atoms with van der Waals surface area (Å²) in [4.78, 5) is 4.44. The lowest BCUT2D eigenvalue weighted by Crippen LogP contribution is -2.09. The van der Waals surface area contributed by atoms with Crippen LogP contribution in [0.25, 0.3) is 0 Å². The summed E-state index contributed by atoms with van der Waals surface area (Å²) in [7, 11) is 0. The molecule has 104 valence electrons. The van der Waals surface area contributed by atoms with Crippen molar-refractivity contribution in [2.45, 2.75) is 25.5 Å². The molecule has 0 radical (unpaired) electrons. The molecule has 6 heteroatoms. The zero-order valence-corrected chi connectivity index (χ0v) is 13.0. The number of anilines is 1. The van der Waals surface area contributed by atoms with Crippen LogP contribution in [0.2, 0.25) is 10.0 Å². The summed E-state index contributed by atoms with van der Waals surface area (Å²) in [6, 6.07) is 3.03. The topological polar surface area (TPSA) is 24.4 Å². The quantitative estimate of drug-likeness (QED) is 0.787. The first-order valence-electron chi connectivity index (χ1n) is 6.08. The van der Waals surface area contributed by atoms with Crippen LogP contribution in [0.5, 0.6) is 0 Å². The molecule has 0 amide bonds. The van der Waals surface area contributed by atoms with Gasteiger partial charge >= 0.3 is 0 Å². The number of aliphatic imine (C=N–C) groups is 1. The van der Waals surface area contributed by atoms with E-state index in [1.807, 2.05) is 0 Å². The van der Waals surface area contributed by atoms with E-state index in [4.69, 9.17) is 23.2 Å². The van der Waals surface area contributed by atoms with Crippen LogP contribution in [-0.2, 0) is 0 Å². The minimum absolute atomic E-state index is 0.0114. The van der Waals surface area contributed by atoms with E-state index < -0.39 is 5.82 Å². The van der Waals surface area contributed by atoms with Crippen molar-refractivity contribution in [2.24, 2.45) is 10.9 Å². The number of thioether (sulfide) groups is 1. The fraction of sp³-hybridized carbons (Fsp3) is 0.462. The molecule has 1 aliphatic heterocycles. The monoisotopic (exact) mass is 320 g/mol. The third-order valence-electron chi connectivity index (χ3n) is 2.69. The van der Waals surface area contributed by atoms with Crippen LogP contribution in [0.15, 0.2) is 17.1 Å². The van der Waals surface area contributed by atoms with Gasteiger partial charge in [0.2, 0.25) is 0 Å². The molecule has 1 aromatic rings. The van der Waals surface area contributed by atoms with E-state index in [0.717, 1.165) is 18.1 Å². The summed E-state index contributed by atoms with van der Waals surface area (Å²) in [6.07, 6.45) is 1.13. The second-order valence-electron chi connectivity index (χ2n) is 4.89. The molecule has 0 aliphatic carbocycles. The molecule has 1 aromatic carbocycles. The van der Waals surface area contributed by atoms with Crippen LogP contribution in [0.1, 0.15) is 20.3 Å². The molecule has 1 atom stereocenters. The van der Waals surface area contributed by atoms with Gasteiger partial charge in [0, 0.05) is 10.9 Å². The fourth-order valence-corrected chi connectivity index (χ4v) is 3.64. The Morgan fingerprint density at radius 2 is 2.05 bits per heavy atom. The SMILES string of the molecule is CC(C)CC1CN=C(Nc2cc(Cl)c(F)c(Cl)c2)S1. The largest absolute Gasteiger partial charge is 0.335 e. The number of nitrogens with zero attached hydrogens (tertiary/aromatic N) is 1. The Morgan fingerprint density at radius 1 is 1.42 bits per heavy atom. The Morgan fingerprint density at radius 3 is 2.63 bits per heavy atom. The Hall–Kier alpha value is -0.450. The normalized spacial score (nSPS) is 18.8. The van der Waals surface area contributed by atoms with Crippen LogP contribution in [-0.4, -0.2) is 17.0 Å². The van der Waals surface area contributed by atoms with E-state index in [1.165, 1.54) is 12.1 Å². The molecule has 1 unspecified atom stereocenters. The third-order valence-corrected chi connectivity index (χ3v) is 4.37. The molecule has 1 aliphatic rings. The number of hydrogen-bond acceptors (Lipinski definition) is 3. The molecule has 0 saturated carbocycles. The van der Waals surface area contributed by atoms with Crippen LogP contribution < -0.4 is 5.32 Å². The molecule has 0 bridgehead atoms. The summed E-state index contributed by atoms with van der Waals surface area (Å²) in [6.45, 7) is 5.21. The van der Waals surface area contributed by atoms with Gasteiger partial charge in [-0.2, -0.15) is 0 Å². The standard InChI is InChI=1S/C13H15Cl2FN2S/c1-7(2)3-9-6-17-13(19-9)18-8-4-10(14)12(16)11(15)5-8/h4-5,7,9H,3,6H2,1-2H3,(H,17,18). The summed E-state index contributed by atoms with van der Waals surface area (Å²) in [5.74, 6) is 0.0642. The second kappa shape index (κ2) is 6.33. The number of hydrogen-bond donors (Lipinski definition) is 1. The highest BCUT2D eigenvalue weighted by Crippen LogP contribution is 2.31. The van der Waals surface area contributed by atoms with Gasteiger partial charge in [0.1, 0.15) is 0 Å². The number of rotatable bonds is 3. The van der Waals surface area contributed by atoms with E-state index in [-0.39, 0.29) is 10.0 Å². The third kappa shape index (κ3) is 4.01. The molecular formula is C13H15Cl2FN2S. The first kappa shape index (κ1) is 14.9. The maximum atomic E-state index is 13.3. The van der Waals surface area contributed by atoms with Gasteiger partial charge in [0.25, 0.3) is 0 Å². The van der Waals surface area contributed by atoms with Crippen molar-refractivity contribution in [3.05, 3.63) is 28.0 Å². The highest BCUT2D eigenvalue weighted by molar-refractivity contribution is 8.15. The van der Waals surface area contributed by atoms with Gasteiger partial charge in [-0.05, 0) is 24.5 Å². The Labute approximate surface area is 126 Å². The maximum Gasteiger partial charge on any atom is 0.161 e. The van der Waals surface area contributed by atoms with Crippen LogP contribution in [0.3, 0.4) is 0 Å². The Bertz CT molecular complexity index is 482. The first-order chi connectivity index (χ1) is 8.95. The Balaban J connectivity index is 2.00. The number of halogens is 3. The van der Waals surface area contributed by atoms with E-state index in [9.17, 15) is 4.39 Å². The van der Waals surface area contributed by atoms with Gasteiger partial charge < -0.3 is 5.32 Å². The predicted molar refractivity (Wildman–Crippen MR) is 83.2 cm³/mol. The molecule has 2 rings (SSSR count). The zero-order valence-electron chi connectivity index (χ0n) is 10.7. The van der Waals surface area contributed by atoms with Crippen molar-refractivity contribution in [3.63, 3.8) is 0 Å². The van der Waals surface area contributed by atoms with Gasteiger partial charge in [0.15, 0.2) is 11.0 Å². The van der Waals surface area contributed by atoms with E-state index >= 15 is 0 Å². The second-order valence-corrected chi connectivity index (χ2v) is 7.00. The molecule has 2 nitrogen and oxygen atoms in total. The molecule has 19 heavy (non-hydrogen) atoms. The number of benzene rings is 1. The molecule has 1 heterocycles. The predicted octanol–water partition coefficient (Wildman–Crippen LogP) is 5.06. The molecule has 0 aromatic heterocycles. The van der Waals surface area contributed by atoms with E-state index in [0.29, 0.717) is 16.9 Å². The fourth-order valence-electron chi connectivity index (χ4n) is 1.89. The lowest BCUT2D eigenvalue weighted by Gasteiger charge is -2.11. The molecule has 0 fully saturated rings. The lowest BCUT2D eigenvalue weighted by molar-refractivity contribution is 0.575. The number of amidine groups is 1. The Kier molecular flexibility index (Phi) is 4.98. The summed E-state index contributed by atoms with van der Waals surface area (Å²) in [5.41, 5.74) is 0.660. The maximum absolute atomic E-state index is 13.3. The van der Waals surface area contributed by atoms with Gasteiger partial charge in [-0.15, -0.1) is 0 Å². The minimum Gasteiger partial charge on any atom is -0.335 e. The summed E-state index contributed by atoms with van der Waals surface area (Å²) >= 11 is 13.2. The van der Waals surface area contributed by atoms with Crippen LogP contribution >= 0.6 is 35.0 Å². The van der Waals surface area contributed by atoms with Gasteiger partial charge in [-0.25, -0.2) is 4.39 Å². The summed E-state index contributed by atoms with van der Waals surface area (Å²) < 4.78 is 13.3. The van der Waals surface area contributed by atoms with Gasteiger partial charge in [0.05, 0.1) is 16.6 Å². The van der Waals surface area contributed by atoms with Crippen molar-refractivity contribution in [2.75, 3.05) is 11.9 Å². The smallest absolute Gasteiger partial charge is 0.161 e. The highest BCUT2D eigenvalue weighted by Gasteiger charge is 2.21. The minimum atomic E-state index is -0.590. The van der Waals surface area contributed by atoms with Crippen molar-refractivity contribution in [1.29, 1.82) is 0 Å². The van der Waals surface area contributed by atoms with Crippen molar-refractivity contribution >= 4 is 45.8 Å². The molecule has 0 saturated heterocycles.